The maximum absolute atomic E-state index is 10.7. The standard InChI is InChI=1S/C18H34O2/c1-5-6-7-10-15(2)11-8-12-16(3)13-9-14-17(4)18(19)20/h12,15,17H,5-11,13-14H2,1-4H3,(H,19,20)/b16-12+. The highest BCUT2D eigenvalue weighted by Gasteiger charge is 2.09. The maximum atomic E-state index is 10.7. The van der Waals surface area contributed by atoms with Crippen molar-refractivity contribution >= 4 is 5.97 Å². The molecule has 0 spiro atoms. The minimum Gasteiger partial charge on any atom is -0.481 e. The first kappa shape index (κ1) is 19.2. The molecule has 0 aromatic heterocycles. The van der Waals surface area contributed by atoms with E-state index in [1.54, 1.807) is 6.92 Å². The Bertz CT molecular complexity index is 281. The second-order valence-corrected chi connectivity index (χ2v) is 6.36. The molecule has 1 N–H and O–H groups in total. The first-order valence-electron chi connectivity index (χ1n) is 8.35. The molecule has 0 fully saturated rings. The Morgan fingerprint density at radius 1 is 1.10 bits per heavy atom. The lowest BCUT2D eigenvalue weighted by Gasteiger charge is -2.10. The fraction of sp³-hybridized carbons (Fsp3) is 0.833. The number of hydrogen-bond donors (Lipinski definition) is 1. The van der Waals surface area contributed by atoms with Crippen LogP contribution in [0.5, 0.6) is 0 Å². The van der Waals surface area contributed by atoms with Gasteiger partial charge in [0.05, 0.1) is 5.92 Å². The van der Waals surface area contributed by atoms with Crippen molar-refractivity contribution in [2.24, 2.45) is 11.8 Å². The van der Waals surface area contributed by atoms with Gasteiger partial charge in [0.1, 0.15) is 0 Å². The molecule has 0 aliphatic rings. The second-order valence-electron chi connectivity index (χ2n) is 6.36. The molecule has 0 heterocycles. The van der Waals surface area contributed by atoms with Crippen LogP contribution in [0.1, 0.15) is 85.5 Å². The van der Waals surface area contributed by atoms with E-state index in [4.69, 9.17) is 5.11 Å². The summed E-state index contributed by atoms with van der Waals surface area (Å²) in [5.74, 6) is -0.0495. The topological polar surface area (TPSA) is 37.3 Å². The molecule has 2 nitrogen and oxygen atoms in total. The third-order valence-corrected chi connectivity index (χ3v) is 4.08. The van der Waals surface area contributed by atoms with E-state index in [1.165, 1.54) is 44.1 Å². The SMILES string of the molecule is CCCCCC(C)CC/C=C(\C)CCCC(C)C(=O)O. The van der Waals surface area contributed by atoms with Crippen molar-refractivity contribution < 1.29 is 9.90 Å². The first-order chi connectivity index (χ1) is 9.47. The van der Waals surface area contributed by atoms with Gasteiger partial charge in [-0.1, -0.05) is 58.1 Å². The van der Waals surface area contributed by atoms with Gasteiger partial charge in [-0.05, 0) is 44.9 Å². The third kappa shape index (κ3) is 11.1. The molecule has 0 saturated carbocycles. The molecule has 0 aliphatic carbocycles. The van der Waals surface area contributed by atoms with Gasteiger partial charge in [0, 0.05) is 0 Å². The van der Waals surface area contributed by atoms with Gasteiger partial charge in [0.25, 0.3) is 0 Å². The molecule has 0 rings (SSSR count). The Labute approximate surface area is 125 Å². The van der Waals surface area contributed by atoms with Gasteiger partial charge >= 0.3 is 5.97 Å². The average molecular weight is 282 g/mol. The number of aliphatic carboxylic acids is 1. The number of carboxylic acid groups (broad SMARTS) is 1. The summed E-state index contributed by atoms with van der Waals surface area (Å²) in [5, 5.41) is 8.82. The fourth-order valence-corrected chi connectivity index (χ4v) is 2.41. The summed E-state index contributed by atoms with van der Waals surface area (Å²) in [6.45, 7) is 8.57. The Balaban J connectivity index is 3.66. The van der Waals surface area contributed by atoms with E-state index in [0.29, 0.717) is 0 Å². The normalized spacial score (nSPS) is 15.1. The molecular formula is C18H34O2. The highest BCUT2D eigenvalue weighted by atomic mass is 16.4. The zero-order valence-electron chi connectivity index (χ0n) is 14.0. The highest BCUT2D eigenvalue weighted by Crippen LogP contribution is 2.17. The zero-order valence-corrected chi connectivity index (χ0v) is 14.0. The van der Waals surface area contributed by atoms with Crippen LogP contribution in [0.2, 0.25) is 0 Å². The van der Waals surface area contributed by atoms with Gasteiger partial charge in [-0.3, -0.25) is 4.79 Å². The molecular weight excluding hydrogens is 248 g/mol. The number of allylic oxidation sites excluding steroid dienone is 2. The minimum atomic E-state index is -0.674. The summed E-state index contributed by atoms with van der Waals surface area (Å²) in [4.78, 5) is 10.7. The molecule has 0 amide bonds. The lowest BCUT2D eigenvalue weighted by atomic mass is 9.96. The lowest BCUT2D eigenvalue weighted by molar-refractivity contribution is -0.141. The third-order valence-electron chi connectivity index (χ3n) is 4.08. The van der Waals surface area contributed by atoms with Gasteiger partial charge in [-0.15, -0.1) is 0 Å². The van der Waals surface area contributed by atoms with E-state index in [0.717, 1.165) is 25.2 Å². The molecule has 0 radical (unpaired) electrons. The van der Waals surface area contributed by atoms with Gasteiger partial charge < -0.3 is 5.11 Å². The molecule has 2 unspecified atom stereocenters. The van der Waals surface area contributed by atoms with Crippen LogP contribution in [0.4, 0.5) is 0 Å². The molecule has 0 bridgehead atoms. The van der Waals surface area contributed by atoms with Crippen molar-refractivity contribution in [1.29, 1.82) is 0 Å². The minimum absolute atomic E-state index is 0.207. The fourth-order valence-electron chi connectivity index (χ4n) is 2.41. The van der Waals surface area contributed by atoms with E-state index in [2.05, 4.69) is 26.8 Å². The van der Waals surface area contributed by atoms with Gasteiger partial charge in [0.2, 0.25) is 0 Å². The van der Waals surface area contributed by atoms with Gasteiger partial charge in [-0.2, -0.15) is 0 Å². The van der Waals surface area contributed by atoms with Crippen LogP contribution < -0.4 is 0 Å². The monoisotopic (exact) mass is 282 g/mol. The molecule has 0 aliphatic heterocycles. The second kappa shape index (κ2) is 12.0. The number of unbranched alkanes of at least 4 members (excludes halogenated alkanes) is 2. The summed E-state index contributed by atoms with van der Waals surface area (Å²) in [5.41, 5.74) is 1.42. The van der Waals surface area contributed by atoms with E-state index >= 15 is 0 Å². The Kier molecular flexibility index (Phi) is 11.5. The molecule has 118 valence electrons. The predicted molar refractivity (Wildman–Crippen MR) is 86.9 cm³/mol. The number of carboxylic acids is 1. The summed E-state index contributed by atoms with van der Waals surface area (Å²) >= 11 is 0. The van der Waals surface area contributed by atoms with E-state index in [1.807, 2.05) is 0 Å². The summed E-state index contributed by atoms with van der Waals surface area (Å²) in [6, 6.07) is 0. The number of carbonyl (C=O) groups is 1. The quantitative estimate of drug-likeness (QED) is 0.362. The number of hydrogen-bond acceptors (Lipinski definition) is 1. The first-order valence-corrected chi connectivity index (χ1v) is 8.35. The highest BCUT2D eigenvalue weighted by molar-refractivity contribution is 5.69. The summed E-state index contributed by atoms with van der Waals surface area (Å²) in [6.07, 6.45) is 13.0. The Hall–Kier alpha value is -0.790. The average Bonchev–Trinajstić information content (AvgIpc) is 2.38. The largest absolute Gasteiger partial charge is 0.481 e. The smallest absolute Gasteiger partial charge is 0.306 e. The van der Waals surface area contributed by atoms with Crippen LogP contribution >= 0.6 is 0 Å². The van der Waals surface area contributed by atoms with Gasteiger partial charge in [-0.25, -0.2) is 0 Å². The van der Waals surface area contributed by atoms with E-state index in [-0.39, 0.29) is 5.92 Å². The van der Waals surface area contributed by atoms with Crippen molar-refractivity contribution in [2.45, 2.75) is 85.5 Å². The molecule has 2 heteroatoms. The van der Waals surface area contributed by atoms with Crippen molar-refractivity contribution in [2.75, 3.05) is 0 Å². The Morgan fingerprint density at radius 3 is 2.40 bits per heavy atom. The van der Waals surface area contributed by atoms with Crippen molar-refractivity contribution in [1.82, 2.24) is 0 Å². The molecule has 0 aromatic carbocycles. The maximum Gasteiger partial charge on any atom is 0.306 e. The predicted octanol–water partition coefficient (Wildman–Crippen LogP) is 5.82. The van der Waals surface area contributed by atoms with Crippen LogP contribution in [0.3, 0.4) is 0 Å². The van der Waals surface area contributed by atoms with Crippen molar-refractivity contribution in [3.05, 3.63) is 11.6 Å². The van der Waals surface area contributed by atoms with E-state index in [9.17, 15) is 4.79 Å². The van der Waals surface area contributed by atoms with E-state index < -0.39 is 5.97 Å². The zero-order chi connectivity index (χ0) is 15.4. The van der Waals surface area contributed by atoms with Crippen molar-refractivity contribution in [3.8, 4) is 0 Å². The summed E-state index contributed by atoms with van der Waals surface area (Å²) < 4.78 is 0. The Morgan fingerprint density at radius 2 is 1.80 bits per heavy atom. The number of rotatable bonds is 12. The molecule has 20 heavy (non-hydrogen) atoms. The molecule has 0 saturated heterocycles. The summed E-state index contributed by atoms with van der Waals surface area (Å²) in [7, 11) is 0. The van der Waals surface area contributed by atoms with Crippen molar-refractivity contribution in [3.63, 3.8) is 0 Å². The van der Waals surface area contributed by atoms with Crippen LogP contribution in [0, 0.1) is 11.8 Å². The van der Waals surface area contributed by atoms with Gasteiger partial charge in [0.15, 0.2) is 0 Å². The van der Waals surface area contributed by atoms with Crippen LogP contribution in [-0.2, 0) is 4.79 Å². The molecule has 2 atom stereocenters. The van der Waals surface area contributed by atoms with Crippen LogP contribution in [0.25, 0.3) is 0 Å². The van der Waals surface area contributed by atoms with Crippen LogP contribution in [0.15, 0.2) is 11.6 Å². The van der Waals surface area contributed by atoms with Crippen LogP contribution in [-0.4, -0.2) is 11.1 Å². The molecule has 0 aromatic rings. The lowest BCUT2D eigenvalue weighted by Crippen LogP contribution is -2.08.